The SMILES string of the molecule is Cc1ccc(CC(CN)CC2CC3CCC2C3)cc1. The number of hydrogen-bond acceptors (Lipinski definition) is 1. The van der Waals surface area contributed by atoms with E-state index in [-0.39, 0.29) is 0 Å². The zero-order chi connectivity index (χ0) is 13.2. The number of hydrogen-bond donors (Lipinski definition) is 1. The van der Waals surface area contributed by atoms with Gasteiger partial charge in [0.05, 0.1) is 0 Å². The largest absolute Gasteiger partial charge is 0.330 e. The number of rotatable bonds is 5. The van der Waals surface area contributed by atoms with Gasteiger partial charge in [-0.3, -0.25) is 0 Å². The van der Waals surface area contributed by atoms with Crippen LogP contribution >= 0.6 is 0 Å². The van der Waals surface area contributed by atoms with Gasteiger partial charge in [0, 0.05) is 0 Å². The van der Waals surface area contributed by atoms with E-state index in [1.807, 2.05) is 0 Å². The fraction of sp³-hybridized carbons (Fsp3) is 0.667. The molecule has 1 heteroatoms. The lowest BCUT2D eigenvalue weighted by Crippen LogP contribution is -2.23. The lowest BCUT2D eigenvalue weighted by molar-refractivity contribution is 0.268. The van der Waals surface area contributed by atoms with Crippen LogP contribution in [0.3, 0.4) is 0 Å². The van der Waals surface area contributed by atoms with E-state index in [2.05, 4.69) is 31.2 Å². The average Bonchev–Trinajstić information content (AvgIpc) is 3.03. The summed E-state index contributed by atoms with van der Waals surface area (Å²) in [4.78, 5) is 0. The molecule has 3 rings (SSSR count). The van der Waals surface area contributed by atoms with Crippen molar-refractivity contribution in [2.75, 3.05) is 6.54 Å². The topological polar surface area (TPSA) is 26.0 Å². The highest BCUT2D eigenvalue weighted by atomic mass is 14.6. The molecule has 2 bridgehead atoms. The van der Waals surface area contributed by atoms with Crippen LogP contribution < -0.4 is 5.73 Å². The minimum Gasteiger partial charge on any atom is -0.330 e. The zero-order valence-corrected chi connectivity index (χ0v) is 12.1. The maximum absolute atomic E-state index is 6.03. The third-order valence-electron chi connectivity index (χ3n) is 5.50. The Bertz CT molecular complexity index is 408. The standard InChI is InChI=1S/C18H27N/c1-13-2-4-14(5-3-13)8-16(12-19)11-18-10-15-6-7-17(18)9-15/h2-5,15-18H,6-12,19H2,1H3. The molecule has 0 radical (unpaired) electrons. The molecule has 0 aliphatic heterocycles. The summed E-state index contributed by atoms with van der Waals surface area (Å²) in [5, 5.41) is 0. The molecule has 2 aliphatic carbocycles. The summed E-state index contributed by atoms with van der Waals surface area (Å²) in [6, 6.07) is 9.00. The number of fused-ring (bicyclic) bond motifs is 2. The molecule has 4 atom stereocenters. The molecule has 0 aromatic heterocycles. The molecule has 104 valence electrons. The molecular formula is C18H27N. The van der Waals surface area contributed by atoms with Crippen molar-refractivity contribution >= 4 is 0 Å². The third-order valence-corrected chi connectivity index (χ3v) is 5.50. The van der Waals surface area contributed by atoms with Gasteiger partial charge in [0.15, 0.2) is 0 Å². The summed E-state index contributed by atoms with van der Waals surface area (Å²) in [6.45, 7) is 3.00. The Balaban J connectivity index is 1.57. The van der Waals surface area contributed by atoms with Crippen LogP contribution in [0.4, 0.5) is 0 Å². The van der Waals surface area contributed by atoms with Crippen molar-refractivity contribution in [3.05, 3.63) is 35.4 Å². The van der Waals surface area contributed by atoms with E-state index >= 15 is 0 Å². The number of benzene rings is 1. The van der Waals surface area contributed by atoms with Crippen LogP contribution in [0.5, 0.6) is 0 Å². The van der Waals surface area contributed by atoms with Crippen molar-refractivity contribution in [3.63, 3.8) is 0 Å². The van der Waals surface area contributed by atoms with Gasteiger partial charge in [-0.25, -0.2) is 0 Å². The van der Waals surface area contributed by atoms with Crippen LogP contribution in [0.2, 0.25) is 0 Å². The monoisotopic (exact) mass is 257 g/mol. The van der Waals surface area contributed by atoms with Crippen molar-refractivity contribution in [1.82, 2.24) is 0 Å². The quantitative estimate of drug-likeness (QED) is 0.849. The number of nitrogens with two attached hydrogens (primary N) is 1. The molecule has 1 nitrogen and oxygen atoms in total. The van der Waals surface area contributed by atoms with Crippen molar-refractivity contribution in [2.45, 2.75) is 45.4 Å². The van der Waals surface area contributed by atoms with Gasteiger partial charge in [-0.1, -0.05) is 36.2 Å². The summed E-state index contributed by atoms with van der Waals surface area (Å²) in [7, 11) is 0. The lowest BCUT2D eigenvalue weighted by Gasteiger charge is -2.26. The molecule has 0 saturated heterocycles. The molecule has 0 spiro atoms. The summed E-state index contributed by atoms with van der Waals surface area (Å²) in [5.41, 5.74) is 8.84. The van der Waals surface area contributed by atoms with E-state index in [0.29, 0.717) is 5.92 Å². The first kappa shape index (κ1) is 13.2. The Morgan fingerprint density at radius 1 is 1.16 bits per heavy atom. The Kier molecular flexibility index (Phi) is 3.93. The average molecular weight is 257 g/mol. The van der Waals surface area contributed by atoms with E-state index in [4.69, 9.17) is 5.73 Å². The predicted molar refractivity (Wildman–Crippen MR) is 81.0 cm³/mol. The maximum atomic E-state index is 6.03. The van der Waals surface area contributed by atoms with Gasteiger partial charge in [0.25, 0.3) is 0 Å². The Morgan fingerprint density at radius 3 is 2.53 bits per heavy atom. The lowest BCUT2D eigenvalue weighted by atomic mass is 9.80. The van der Waals surface area contributed by atoms with Crippen LogP contribution in [-0.2, 0) is 6.42 Å². The molecule has 2 saturated carbocycles. The molecule has 1 aromatic rings. The fourth-order valence-electron chi connectivity index (χ4n) is 4.41. The first-order chi connectivity index (χ1) is 9.24. The van der Waals surface area contributed by atoms with Gasteiger partial charge in [0.1, 0.15) is 0 Å². The smallest absolute Gasteiger partial charge is 0.00456 e. The van der Waals surface area contributed by atoms with Crippen LogP contribution in [0.25, 0.3) is 0 Å². The highest BCUT2D eigenvalue weighted by Crippen LogP contribution is 2.50. The first-order valence-corrected chi connectivity index (χ1v) is 8.00. The summed E-state index contributed by atoms with van der Waals surface area (Å²) >= 11 is 0. The number of aryl methyl sites for hydroxylation is 1. The van der Waals surface area contributed by atoms with Crippen molar-refractivity contribution in [2.24, 2.45) is 29.4 Å². The van der Waals surface area contributed by atoms with Crippen LogP contribution in [0.1, 0.15) is 43.2 Å². The van der Waals surface area contributed by atoms with E-state index in [1.165, 1.54) is 49.7 Å². The second-order valence-corrected chi connectivity index (χ2v) is 6.96. The minimum atomic E-state index is 0.687. The fourth-order valence-corrected chi connectivity index (χ4v) is 4.41. The Labute approximate surface area is 117 Å². The third kappa shape index (κ3) is 3.02. The second kappa shape index (κ2) is 5.66. The minimum absolute atomic E-state index is 0.687. The van der Waals surface area contributed by atoms with Crippen LogP contribution in [0.15, 0.2) is 24.3 Å². The molecule has 0 heterocycles. The van der Waals surface area contributed by atoms with Gasteiger partial charge in [-0.05, 0) is 74.8 Å². The predicted octanol–water partition coefficient (Wildman–Crippen LogP) is 3.94. The second-order valence-electron chi connectivity index (χ2n) is 6.96. The molecule has 19 heavy (non-hydrogen) atoms. The first-order valence-electron chi connectivity index (χ1n) is 8.00. The zero-order valence-electron chi connectivity index (χ0n) is 12.1. The molecule has 2 fully saturated rings. The van der Waals surface area contributed by atoms with Gasteiger partial charge in [-0.2, -0.15) is 0 Å². The van der Waals surface area contributed by atoms with Crippen molar-refractivity contribution in [1.29, 1.82) is 0 Å². The van der Waals surface area contributed by atoms with E-state index in [0.717, 1.165) is 24.3 Å². The highest BCUT2D eigenvalue weighted by Gasteiger charge is 2.39. The maximum Gasteiger partial charge on any atom is -0.00456 e. The van der Waals surface area contributed by atoms with E-state index in [1.54, 1.807) is 0 Å². The summed E-state index contributed by atoms with van der Waals surface area (Å²) < 4.78 is 0. The van der Waals surface area contributed by atoms with Gasteiger partial charge >= 0.3 is 0 Å². The van der Waals surface area contributed by atoms with Crippen molar-refractivity contribution < 1.29 is 0 Å². The summed E-state index contributed by atoms with van der Waals surface area (Å²) in [5.74, 6) is 3.77. The van der Waals surface area contributed by atoms with Gasteiger partial charge in [-0.15, -0.1) is 0 Å². The van der Waals surface area contributed by atoms with Gasteiger partial charge < -0.3 is 5.73 Å². The molecule has 2 N–H and O–H groups in total. The van der Waals surface area contributed by atoms with Crippen LogP contribution in [0, 0.1) is 30.6 Å². The Hall–Kier alpha value is -0.820. The van der Waals surface area contributed by atoms with E-state index in [9.17, 15) is 0 Å². The molecule has 1 aromatic carbocycles. The Morgan fingerprint density at radius 2 is 1.95 bits per heavy atom. The molecule has 2 aliphatic rings. The highest BCUT2D eigenvalue weighted by molar-refractivity contribution is 5.21. The van der Waals surface area contributed by atoms with Crippen LogP contribution in [-0.4, -0.2) is 6.54 Å². The molecule has 4 unspecified atom stereocenters. The van der Waals surface area contributed by atoms with Gasteiger partial charge in [0.2, 0.25) is 0 Å². The normalized spacial score (nSPS) is 30.7. The molecular weight excluding hydrogens is 230 g/mol. The summed E-state index contributed by atoms with van der Waals surface area (Å²) in [6.07, 6.45) is 8.56. The molecule has 0 amide bonds. The van der Waals surface area contributed by atoms with Crippen molar-refractivity contribution in [3.8, 4) is 0 Å². The van der Waals surface area contributed by atoms with E-state index < -0.39 is 0 Å².